The molecule has 2 aromatic rings. The maximum atomic E-state index is 11.1. The molecule has 0 unspecified atom stereocenters. The van der Waals surface area contributed by atoms with Gasteiger partial charge in [-0.05, 0) is 24.3 Å². The Morgan fingerprint density at radius 3 is 2.50 bits per heavy atom. The number of hydrogen-bond acceptors (Lipinski definition) is 4. The molecule has 1 aromatic heterocycles. The van der Waals surface area contributed by atoms with E-state index in [-0.39, 0.29) is 10.6 Å². The summed E-state index contributed by atoms with van der Waals surface area (Å²) in [6.07, 6.45) is 3.04. The van der Waals surface area contributed by atoms with Crippen molar-refractivity contribution in [3.8, 4) is 0 Å². The molecule has 0 saturated carbocycles. The van der Waals surface area contributed by atoms with Crippen molar-refractivity contribution in [3.63, 3.8) is 0 Å². The summed E-state index contributed by atoms with van der Waals surface area (Å²) in [5.74, 6) is 0. The van der Waals surface area contributed by atoms with E-state index in [9.17, 15) is 8.42 Å². The molecule has 0 spiro atoms. The number of pyridine rings is 1. The van der Waals surface area contributed by atoms with Gasteiger partial charge in [0.15, 0.2) is 0 Å². The zero-order chi connectivity index (χ0) is 13.0. The zero-order valence-corrected chi connectivity index (χ0v) is 10.1. The smallest absolute Gasteiger partial charge is 0.282 e. The van der Waals surface area contributed by atoms with Crippen molar-refractivity contribution >= 4 is 22.0 Å². The van der Waals surface area contributed by atoms with Crippen molar-refractivity contribution in [1.82, 2.24) is 4.98 Å². The third-order valence-corrected chi connectivity index (χ3v) is 3.07. The van der Waals surface area contributed by atoms with E-state index in [4.69, 9.17) is 4.55 Å². The Bertz CT molecular complexity index is 667. The number of rotatable bonds is 3. The van der Waals surface area contributed by atoms with Crippen LogP contribution in [-0.2, 0) is 10.1 Å². The third kappa shape index (κ3) is 2.99. The average Bonchev–Trinajstić information content (AvgIpc) is 2.37. The van der Waals surface area contributed by atoms with E-state index in [1.54, 1.807) is 30.5 Å². The predicted octanol–water partition coefficient (Wildman–Crippen LogP) is 2.08. The summed E-state index contributed by atoms with van der Waals surface area (Å²) in [6.45, 7) is 0. The van der Waals surface area contributed by atoms with Crippen LogP contribution in [-0.4, -0.2) is 24.2 Å². The Labute approximate surface area is 105 Å². The number of benzene rings is 1. The lowest BCUT2D eigenvalue weighted by molar-refractivity contribution is 0.483. The first-order valence-electron chi connectivity index (χ1n) is 5.09. The summed E-state index contributed by atoms with van der Waals surface area (Å²) in [5.41, 5.74) is 0.772. The number of aliphatic imine (C=N–C) groups is 1. The molecule has 0 atom stereocenters. The van der Waals surface area contributed by atoms with Gasteiger partial charge in [0, 0.05) is 6.20 Å². The van der Waals surface area contributed by atoms with E-state index >= 15 is 0 Å². The van der Waals surface area contributed by atoms with Crippen LogP contribution in [0.25, 0.3) is 0 Å². The second-order valence-corrected chi connectivity index (χ2v) is 4.85. The molecule has 0 fully saturated rings. The standard InChI is InChI=1S/C12H10N2O3S/c15-18(16,17)12-7-2-1-6-11(12)14-9-10-5-3-4-8-13-10/h1-9H,(H,15,16,17). The van der Waals surface area contributed by atoms with Crippen LogP contribution < -0.4 is 0 Å². The monoisotopic (exact) mass is 262 g/mol. The Kier molecular flexibility index (Phi) is 3.50. The molecule has 6 heteroatoms. The molecule has 92 valence electrons. The van der Waals surface area contributed by atoms with Gasteiger partial charge in [-0.3, -0.25) is 14.5 Å². The molecule has 1 heterocycles. The van der Waals surface area contributed by atoms with Crippen LogP contribution in [0.4, 0.5) is 5.69 Å². The molecule has 0 aliphatic rings. The van der Waals surface area contributed by atoms with Crippen LogP contribution in [0.15, 0.2) is 58.5 Å². The minimum absolute atomic E-state index is 0.172. The van der Waals surface area contributed by atoms with Crippen LogP contribution >= 0.6 is 0 Å². The maximum absolute atomic E-state index is 11.1. The molecular formula is C12H10N2O3S. The summed E-state index contributed by atoms with van der Waals surface area (Å²) in [6, 6.07) is 11.2. The number of para-hydroxylation sites is 1. The highest BCUT2D eigenvalue weighted by molar-refractivity contribution is 7.86. The molecule has 0 aliphatic heterocycles. The zero-order valence-electron chi connectivity index (χ0n) is 9.26. The second-order valence-electron chi connectivity index (χ2n) is 3.46. The Balaban J connectivity index is 2.39. The van der Waals surface area contributed by atoms with Crippen molar-refractivity contribution in [1.29, 1.82) is 0 Å². The van der Waals surface area contributed by atoms with Crippen LogP contribution in [0.3, 0.4) is 0 Å². The van der Waals surface area contributed by atoms with Gasteiger partial charge in [0.2, 0.25) is 0 Å². The van der Waals surface area contributed by atoms with E-state index in [0.29, 0.717) is 5.69 Å². The summed E-state index contributed by atoms with van der Waals surface area (Å²) in [5, 5.41) is 0. The first-order chi connectivity index (χ1) is 8.57. The van der Waals surface area contributed by atoms with Crippen LogP contribution in [0.5, 0.6) is 0 Å². The molecule has 18 heavy (non-hydrogen) atoms. The first kappa shape index (κ1) is 12.4. The van der Waals surface area contributed by atoms with Crippen molar-refractivity contribution in [2.24, 2.45) is 4.99 Å². The second kappa shape index (κ2) is 5.07. The SMILES string of the molecule is O=S(=O)(O)c1ccccc1N=Cc1ccccn1. The van der Waals surface area contributed by atoms with Crippen molar-refractivity contribution in [2.45, 2.75) is 4.90 Å². The molecule has 1 N–H and O–H groups in total. The molecule has 0 saturated heterocycles. The highest BCUT2D eigenvalue weighted by Gasteiger charge is 2.13. The summed E-state index contributed by atoms with van der Waals surface area (Å²) < 4.78 is 31.3. The van der Waals surface area contributed by atoms with Crippen molar-refractivity contribution in [2.75, 3.05) is 0 Å². The maximum Gasteiger partial charge on any atom is 0.296 e. The highest BCUT2D eigenvalue weighted by Crippen LogP contribution is 2.23. The van der Waals surface area contributed by atoms with Gasteiger partial charge in [-0.1, -0.05) is 18.2 Å². The fraction of sp³-hybridized carbons (Fsp3) is 0. The molecular weight excluding hydrogens is 252 g/mol. The van der Waals surface area contributed by atoms with Crippen molar-refractivity contribution in [3.05, 3.63) is 54.4 Å². The number of nitrogens with zero attached hydrogens (tertiary/aromatic N) is 2. The van der Waals surface area contributed by atoms with Gasteiger partial charge >= 0.3 is 0 Å². The summed E-state index contributed by atoms with van der Waals surface area (Å²) >= 11 is 0. The lowest BCUT2D eigenvalue weighted by Gasteiger charge is -2.00. The Morgan fingerprint density at radius 1 is 1.11 bits per heavy atom. The molecule has 0 bridgehead atoms. The predicted molar refractivity (Wildman–Crippen MR) is 67.7 cm³/mol. The van der Waals surface area contributed by atoms with Gasteiger partial charge in [-0.25, -0.2) is 0 Å². The Morgan fingerprint density at radius 2 is 1.83 bits per heavy atom. The van der Waals surface area contributed by atoms with E-state index < -0.39 is 10.1 Å². The molecule has 2 rings (SSSR count). The minimum atomic E-state index is -4.27. The van der Waals surface area contributed by atoms with Gasteiger partial charge in [0.05, 0.1) is 17.6 Å². The summed E-state index contributed by atoms with van der Waals surface area (Å²) in [4.78, 5) is 7.82. The van der Waals surface area contributed by atoms with Gasteiger partial charge < -0.3 is 0 Å². The molecule has 0 aliphatic carbocycles. The van der Waals surface area contributed by atoms with E-state index in [0.717, 1.165) is 0 Å². The average molecular weight is 262 g/mol. The quantitative estimate of drug-likeness (QED) is 0.678. The van der Waals surface area contributed by atoms with E-state index in [1.807, 2.05) is 0 Å². The lowest BCUT2D eigenvalue weighted by Crippen LogP contribution is -1.98. The third-order valence-electron chi connectivity index (χ3n) is 2.17. The number of aromatic nitrogens is 1. The first-order valence-corrected chi connectivity index (χ1v) is 6.53. The highest BCUT2D eigenvalue weighted by atomic mass is 32.2. The fourth-order valence-electron chi connectivity index (χ4n) is 1.37. The lowest BCUT2D eigenvalue weighted by atomic mass is 10.3. The van der Waals surface area contributed by atoms with Gasteiger partial charge in [-0.2, -0.15) is 8.42 Å². The van der Waals surface area contributed by atoms with E-state index in [1.165, 1.54) is 24.4 Å². The number of hydrogen-bond donors (Lipinski definition) is 1. The van der Waals surface area contributed by atoms with Crippen LogP contribution in [0.2, 0.25) is 0 Å². The molecule has 0 radical (unpaired) electrons. The molecule has 5 nitrogen and oxygen atoms in total. The molecule has 0 amide bonds. The topological polar surface area (TPSA) is 79.6 Å². The van der Waals surface area contributed by atoms with Crippen LogP contribution in [0.1, 0.15) is 5.69 Å². The van der Waals surface area contributed by atoms with Gasteiger partial charge in [0.1, 0.15) is 4.90 Å². The largest absolute Gasteiger partial charge is 0.296 e. The van der Waals surface area contributed by atoms with Crippen molar-refractivity contribution < 1.29 is 13.0 Å². The van der Waals surface area contributed by atoms with Gasteiger partial charge in [0.25, 0.3) is 10.1 Å². The molecule has 1 aromatic carbocycles. The fourth-order valence-corrected chi connectivity index (χ4v) is 2.01. The minimum Gasteiger partial charge on any atom is -0.282 e. The normalized spacial score (nSPS) is 11.8. The van der Waals surface area contributed by atoms with Crippen LogP contribution in [0, 0.1) is 0 Å². The summed E-state index contributed by atoms with van der Waals surface area (Å²) in [7, 11) is -4.27. The Hall–Kier alpha value is -2.05. The van der Waals surface area contributed by atoms with E-state index in [2.05, 4.69) is 9.98 Å². The van der Waals surface area contributed by atoms with Gasteiger partial charge in [-0.15, -0.1) is 0 Å².